The van der Waals surface area contributed by atoms with Crippen molar-refractivity contribution in [3.8, 4) is 0 Å². The molecule has 4 rings (SSSR count). The van der Waals surface area contributed by atoms with E-state index in [2.05, 4.69) is 10.3 Å². The van der Waals surface area contributed by atoms with Gasteiger partial charge in [0.15, 0.2) is 0 Å². The van der Waals surface area contributed by atoms with Crippen LogP contribution in [0.4, 0.5) is 5.69 Å². The normalized spacial score (nSPS) is 17.4. The van der Waals surface area contributed by atoms with E-state index in [1.165, 1.54) is 11.1 Å². The zero-order valence-electron chi connectivity index (χ0n) is 13.4. The molecule has 2 N–H and O–H groups in total. The molecular weight excluding hydrogens is 316 g/mol. The van der Waals surface area contributed by atoms with E-state index in [-0.39, 0.29) is 17.4 Å². The highest BCUT2D eigenvalue weighted by atomic mass is 16.4. The lowest BCUT2D eigenvalue weighted by Crippen LogP contribution is -2.12. The number of carbonyl (C=O) groups excluding carboxylic acids is 1. The van der Waals surface area contributed by atoms with Gasteiger partial charge in [-0.3, -0.25) is 9.79 Å². The fraction of sp³-hybridized carbons (Fsp3) is 0.150. The monoisotopic (exact) mass is 332 g/mol. The van der Waals surface area contributed by atoms with Gasteiger partial charge < -0.3 is 10.4 Å². The van der Waals surface area contributed by atoms with E-state index in [0.29, 0.717) is 12.1 Å². The van der Waals surface area contributed by atoms with E-state index < -0.39 is 5.97 Å². The van der Waals surface area contributed by atoms with E-state index in [9.17, 15) is 9.59 Å². The van der Waals surface area contributed by atoms with Gasteiger partial charge in [0.1, 0.15) is 0 Å². The van der Waals surface area contributed by atoms with E-state index in [0.717, 1.165) is 17.7 Å². The van der Waals surface area contributed by atoms with Crippen LogP contribution in [0.15, 0.2) is 59.1 Å². The molecule has 0 saturated carbocycles. The smallest absolute Gasteiger partial charge is 0.335 e. The Hall–Kier alpha value is -3.21. The number of rotatable bonds is 4. The molecule has 0 spiro atoms. The standard InChI is InChI=1S/C20H16N2O3/c23-19(22-16-6-5-15-11-21-8-7-14(15)9-16)18-10-17(18)12-1-3-13(4-2-12)20(24)25/h1-6,8-10,17H,7,11H2,(H,22,23)(H,24,25)/t17-/m0/s1. The van der Waals surface area contributed by atoms with E-state index in [1.54, 1.807) is 24.3 Å². The van der Waals surface area contributed by atoms with E-state index in [1.807, 2.05) is 30.5 Å². The Morgan fingerprint density at radius 3 is 2.64 bits per heavy atom. The zero-order chi connectivity index (χ0) is 17.4. The van der Waals surface area contributed by atoms with Gasteiger partial charge in [0.25, 0.3) is 5.91 Å². The minimum absolute atomic E-state index is 0.0346. The zero-order valence-corrected chi connectivity index (χ0v) is 13.4. The fourth-order valence-corrected chi connectivity index (χ4v) is 3.03. The van der Waals surface area contributed by atoms with Crippen molar-refractivity contribution >= 4 is 23.8 Å². The Morgan fingerprint density at radius 2 is 1.88 bits per heavy atom. The number of allylic oxidation sites excluding steroid dienone is 1. The molecular formula is C20H16N2O3. The highest BCUT2D eigenvalue weighted by Gasteiger charge is 2.32. The molecule has 1 atom stereocenters. The molecule has 1 aliphatic heterocycles. The number of benzene rings is 2. The lowest BCUT2D eigenvalue weighted by atomic mass is 10.0. The second-order valence-corrected chi connectivity index (χ2v) is 6.19. The summed E-state index contributed by atoms with van der Waals surface area (Å²) in [5.74, 6) is -1.10. The van der Waals surface area contributed by atoms with Crippen LogP contribution in [-0.2, 0) is 17.8 Å². The van der Waals surface area contributed by atoms with Crippen LogP contribution in [0.3, 0.4) is 0 Å². The first-order valence-electron chi connectivity index (χ1n) is 8.08. The number of nitrogens with zero attached hydrogens (tertiary/aromatic N) is 1. The molecule has 1 aliphatic carbocycles. The van der Waals surface area contributed by atoms with Crippen molar-refractivity contribution in [3.05, 3.63) is 76.4 Å². The first kappa shape index (κ1) is 15.3. The third-order valence-electron chi connectivity index (χ3n) is 4.52. The number of anilines is 1. The second-order valence-electron chi connectivity index (χ2n) is 6.19. The van der Waals surface area contributed by atoms with E-state index >= 15 is 0 Å². The van der Waals surface area contributed by atoms with Gasteiger partial charge >= 0.3 is 5.97 Å². The largest absolute Gasteiger partial charge is 0.478 e. The van der Waals surface area contributed by atoms with Crippen molar-refractivity contribution in [2.24, 2.45) is 4.99 Å². The average molecular weight is 332 g/mol. The van der Waals surface area contributed by atoms with Crippen LogP contribution in [0, 0.1) is 0 Å². The summed E-state index contributed by atoms with van der Waals surface area (Å²) in [7, 11) is 0. The summed E-state index contributed by atoms with van der Waals surface area (Å²) < 4.78 is 0. The second kappa shape index (κ2) is 6.02. The predicted molar refractivity (Wildman–Crippen MR) is 95.2 cm³/mol. The quantitative estimate of drug-likeness (QED) is 0.902. The molecule has 0 saturated heterocycles. The third kappa shape index (κ3) is 3.08. The van der Waals surface area contributed by atoms with Gasteiger partial charge in [-0.25, -0.2) is 4.79 Å². The maximum atomic E-state index is 12.4. The van der Waals surface area contributed by atoms with Gasteiger partial charge in [-0.2, -0.15) is 0 Å². The fourth-order valence-electron chi connectivity index (χ4n) is 3.03. The molecule has 0 unspecified atom stereocenters. The molecule has 2 aromatic rings. The highest BCUT2D eigenvalue weighted by molar-refractivity contribution is 6.08. The molecule has 5 nitrogen and oxygen atoms in total. The number of nitrogens with one attached hydrogen (secondary N) is 1. The Bertz CT molecular complexity index is 926. The summed E-state index contributed by atoms with van der Waals surface area (Å²) in [6.45, 7) is 0.698. The Morgan fingerprint density at radius 1 is 1.08 bits per heavy atom. The van der Waals surface area contributed by atoms with Crippen LogP contribution in [0.5, 0.6) is 0 Å². The Balaban J connectivity index is 1.41. The number of hydrogen-bond donors (Lipinski definition) is 2. The molecule has 2 aromatic carbocycles. The van der Waals surface area contributed by atoms with Gasteiger partial charge in [-0.15, -0.1) is 0 Å². The van der Waals surface area contributed by atoms with Gasteiger partial charge in [0.05, 0.1) is 12.1 Å². The number of carboxylic acids is 1. The number of aromatic carboxylic acids is 1. The van der Waals surface area contributed by atoms with Crippen molar-refractivity contribution < 1.29 is 14.7 Å². The predicted octanol–water partition coefficient (Wildman–Crippen LogP) is 3.17. The summed E-state index contributed by atoms with van der Waals surface area (Å²) in [6, 6.07) is 12.5. The number of carbonyl (C=O) groups is 2. The maximum Gasteiger partial charge on any atom is 0.335 e. The molecule has 1 heterocycles. The molecule has 124 valence electrons. The number of hydrogen-bond acceptors (Lipinski definition) is 3. The van der Waals surface area contributed by atoms with Crippen molar-refractivity contribution in [2.45, 2.75) is 18.9 Å². The molecule has 25 heavy (non-hydrogen) atoms. The third-order valence-corrected chi connectivity index (χ3v) is 4.52. The molecule has 0 bridgehead atoms. The van der Waals surface area contributed by atoms with Crippen LogP contribution in [0.1, 0.15) is 33.0 Å². The number of carboxylic acid groups (broad SMARTS) is 1. The van der Waals surface area contributed by atoms with Crippen LogP contribution in [-0.4, -0.2) is 23.2 Å². The summed E-state index contributed by atoms with van der Waals surface area (Å²) >= 11 is 0. The Kier molecular flexibility index (Phi) is 3.69. The van der Waals surface area contributed by atoms with Gasteiger partial charge in [-0.05, 0) is 41.0 Å². The van der Waals surface area contributed by atoms with Gasteiger partial charge in [-0.1, -0.05) is 24.3 Å². The minimum Gasteiger partial charge on any atom is -0.478 e. The summed E-state index contributed by atoms with van der Waals surface area (Å²) in [5, 5.41) is 11.9. The maximum absolute atomic E-state index is 12.4. The van der Waals surface area contributed by atoms with Crippen molar-refractivity contribution in [1.29, 1.82) is 0 Å². The highest BCUT2D eigenvalue weighted by Crippen LogP contribution is 2.40. The van der Waals surface area contributed by atoms with Crippen LogP contribution < -0.4 is 5.32 Å². The number of amides is 1. The van der Waals surface area contributed by atoms with E-state index in [4.69, 9.17) is 5.11 Å². The van der Waals surface area contributed by atoms with Crippen molar-refractivity contribution in [1.82, 2.24) is 0 Å². The summed E-state index contributed by atoms with van der Waals surface area (Å²) in [4.78, 5) is 27.5. The lowest BCUT2D eigenvalue weighted by Gasteiger charge is -2.12. The SMILES string of the molecule is O=C(Nc1ccc2c(c1)CC=NC2)C1=C[C@H]1c1ccc(C(=O)O)cc1. The molecule has 0 fully saturated rings. The van der Waals surface area contributed by atoms with Crippen LogP contribution in [0.2, 0.25) is 0 Å². The molecule has 0 aromatic heterocycles. The molecule has 1 amide bonds. The summed E-state index contributed by atoms with van der Waals surface area (Å²) in [6.07, 6.45) is 4.57. The van der Waals surface area contributed by atoms with Crippen LogP contribution >= 0.6 is 0 Å². The van der Waals surface area contributed by atoms with Crippen LogP contribution in [0.25, 0.3) is 0 Å². The average Bonchev–Trinajstić information content (AvgIpc) is 3.42. The first-order valence-corrected chi connectivity index (χ1v) is 8.08. The summed E-state index contributed by atoms with van der Waals surface area (Å²) in [5.41, 5.74) is 5.06. The van der Waals surface area contributed by atoms with Gasteiger partial charge in [0.2, 0.25) is 0 Å². The molecule has 2 aliphatic rings. The van der Waals surface area contributed by atoms with Crippen molar-refractivity contribution in [2.75, 3.05) is 5.32 Å². The van der Waals surface area contributed by atoms with Crippen molar-refractivity contribution in [3.63, 3.8) is 0 Å². The molecule has 5 heteroatoms. The first-order chi connectivity index (χ1) is 12.1. The minimum atomic E-state index is -0.953. The number of aliphatic imine (C=N–C) groups is 1. The Labute approximate surface area is 144 Å². The lowest BCUT2D eigenvalue weighted by molar-refractivity contribution is -0.112. The molecule has 0 radical (unpaired) electrons. The number of fused-ring (bicyclic) bond motifs is 1. The topological polar surface area (TPSA) is 78.8 Å². The van der Waals surface area contributed by atoms with Gasteiger partial charge in [0, 0.05) is 29.8 Å².